The van der Waals surface area contributed by atoms with Crippen molar-refractivity contribution in [2.45, 2.75) is 13.0 Å². The molecule has 108 valence electrons. The van der Waals surface area contributed by atoms with Crippen LogP contribution < -0.4 is 5.32 Å². The number of halogens is 2. The molecule has 1 heterocycles. The number of nitrogens with zero attached hydrogens (tertiary/aromatic N) is 2. The standard InChI is InChI=1S/C14H11Cl2N3OS/c1-7(8-3-2-4-9(20)5-8)17-12-10(15)6-11(16)13-14(12)19-21-18-13/h2-7,17,20H,1H3. The molecule has 0 aliphatic rings. The zero-order chi connectivity index (χ0) is 15.0. The molecule has 4 nitrogen and oxygen atoms in total. The lowest BCUT2D eigenvalue weighted by Crippen LogP contribution is -2.07. The van der Waals surface area contributed by atoms with Crippen molar-refractivity contribution in [1.82, 2.24) is 8.75 Å². The summed E-state index contributed by atoms with van der Waals surface area (Å²) >= 11 is 13.5. The highest BCUT2D eigenvalue weighted by atomic mass is 35.5. The molecular weight excluding hydrogens is 329 g/mol. The van der Waals surface area contributed by atoms with Gasteiger partial charge in [0.15, 0.2) is 0 Å². The Bertz CT molecular complexity index is 806. The minimum absolute atomic E-state index is 0.0549. The Hall–Kier alpha value is -1.56. The van der Waals surface area contributed by atoms with E-state index in [4.69, 9.17) is 23.2 Å². The van der Waals surface area contributed by atoms with Crippen LogP contribution in [0.15, 0.2) is 30.3 Å². The second kappa shape index (κ2) is 5.67. The first kappa shape index (κ1) is 14.4. The zero-order valence-corrected chi connectivity index (χ0v) is 13.3. The smallest absolute Gasteiger partial charge is 0.130 e. The van der Waals surface area contributed by atoms with Gasteiger partial charge in [-0.3, -0.25) is 0 Å². The molecule has 3 rings (SSSR count). The topological polar surface area (TPSA) is 58.0 Å². The number of phenolic OH excluding ortho intramolecular Hbond substituents is 1. The van der Waals surface area contributed by atoms with Crippen molar-refractivity contribution in [3.63, 3.8) is 0 Å². The number of aromatic nitrogens is 2. The number of benzene rings is 2. The largest absolute Gasteiger partial charge is 0.508 e. The van der Waals surface area contributed by atoms with Crippen molar-refractivity contribution >= 4 is 51.7 Å². The lowest BCUT2D eigenvalue weighted by Gasteiger charge is -2.17. The van der Waals surface area contributed by atoms with Crippen molar-refractivity contribution in [1.29, 1.82) is 0 Å². The number of aromatic hydroxyl groups is 1. The van der Waals surface area contributed by atoms with Crippen molar-refractivity contribution in [2.75, 3.05) is 5.32 Å². The van der Waals surface area contributed by atoms with Gasteiger partial charge < -0.3 is 10.4 Å². The molecule has 0 bridgehead atoms. The van der Waals surface area contributed by atoms with E-state index in [0.29, 0.717) is 26.8 Å². The first-order valence-electron chi connectivity index (χ1n) is 6.22. The summed E-state index contributed by atoms with van der Waals surface area (Å²) in [4.78, 5) is 0. The van der Waals surface area contributed by atoms with Gasteiger partial charge in [-0.05, 0) is 30.7 Å². The number of rotatable bonds is 3. The van der Waals surface area contributed by atoms with Gasteiger partial charge in [-0.2, -0.15) is 8.75 Å². The maximum absolute atomic E-state index is 9.57. The van der Waals surface area contributed by atoms with Crippen LogP contribution in [0.4, 0.5) is 5.69 Å². The number of nitrogens with one attached hydrogen (secondary N) is 1. The van der Waals surface area contributed by atoms with Gasteiger partial charge in [0, 0.05) is 6.04 Å². The SMILES string of the molecule is CC(Nc1c(Cl)cc(Cl)c2nsnc12)c1cccc(O)c1. The van der Waals surface area contributed by atoms with E-state index in [1.165, 1.54) is 0 Å². The molecule has 0 aliphatic heterocycles. The van der Waals surface area contributed by atoms with Crippen molar-refractivity contribution < 1.29 is 5.11 Å². The summed E-state index contributed by atoms with van der Waals surface area (Å²) in [5, 5.41) is 13.9. The number of hydrogen-bond acceptors (Lipinski definition) is 5. The van der Waals surface area contributed by atoms with Gasteiger partial charge in [0.05, 0.1) is 27.5 Å². The fourth-order valence-electron chi connectivity index (χ4n) is 2.11. The van der Waals surface area contributed by atoms with E-state index in [1.54, 1.807) is 24.3 Å². The van der Waals surface area contributed by atoms with Gasteiger partial charge >= 0.3 is 0 Å². The summed E-state index contributed by atoms with van der Waals surface area (Å²) in [6, 6.07) is 8.67. The Kier molecular flexibility index (Phi) is 3.89. The molecule has 0 aliphatic carbocycles. The minimum atomic E-state index is -0.0549. The van der Waals surface area contributed by atoms with E-state index in [2.05, 4.69) is 14.1 Å². The van der Waals surface area contributed by atoms with Crippen LogP contribution >= 0.6 is 34.9 Å². The lowest BCUT2D eigenvalue weighted by atomic mass is 10.1. The average Bonchev–Trinajstić information content (AvgIpc) is 2.93. The monoisotopic (exact) mass is 339 g/mol. The molecule has 1 atom stereocenters. The molecule has 1 aromatic heterocycles. The fraction of sp³-hybridized carbons (Fsp3) is 0.143. The number of anilines is 1. The van der Waals surface area contributed by atoms with E-state index in [1.807, 2.05) is 13.0 Å². The highest BCUT2D eigenvalue weighted by Crippen LogP contribution is 2.37. The van der Waals surface area contributed by atoms with Gasteiger partial charge in [0.25, 0.3) is 0 Å². The highest BCUT2D eigenvalue weighted by molar-refractivity contribution is 7.00. The van der Waals surface area contributed by atoms with Crippen LogP contribution in [-0.4, -0.2) is 13.9 Å². The van der Waals surface area contributed by atoms with Gasteiger partial charge in [-0.1, -0.05) is 35.3 Å². The summed E-state index contributed by atoms with van der Waals surface area (Å²) in [7, 11) is 0. The van der Waals surface area contributed by atoms with Crippen molar-refractivity contribution in [3.05, 3.63) is 45.9 Å². The third-order valence-electron chi connectivity index (χ3n) is 3.17. The van der Waals surface area contributed by atoms with Crippen LogP contribution in [0.5, 0.6) is 5.75 Å². The summed E-state index contributed by atoms with van der Waals surface area (Å²) in [6.07, 6.45) is 0. The first-order valence-corrected chi connectivity index (χ1v) is 7.70. The molecule has 0 spiro atoms. The molecule has 2 N–H and O–H groups in total. The molecule has 2 aromatic carbocycles. The Morgan fingerprint density at radius 2 is 1.90 bits per heavy atom. The Labute approximate surface area is 135 Å². The molecule has 7 heteroatoms. The van der Waals surface area contributed by atoms with Gasteiger partial charge in [-0.15, -0.1) is 0 Å². The predicted octanol–water partition coefficient (Wildman–Crippen LogP) is 4.88. The van der Waals surface area contributed by atoms with Crippen LogP contribution in [0, 0.1) is 0 Å². The van der Waals surface area contributed by atoms with E-state index in [9.17, 15) is 5.11 Å². The maximum Gasteiger partial charge on any atom is 0.130 e. The van der Waals surface area contributed by atoms with E-state index < -0.39 is 0 Å². The van der Waals surface area contributed by atoms with Crippen LogP contribution in [0.2, 0.25) is 10.0 Å². The summed E-state index contributed by atoms with van der Waals surface area (Å²) in [6.45, 7) is 1.98. The lowest BCUT2D eigenvalue weighted by molar-refractivity contribution is 0.474. The van der Waals surface area contributed by atoms with Crippen molar-refractivity contribution in [2.24, 2.45) is 0 Å². The highest BCUT2D eigenvalue weighted by Gasteiger charge is 2.16. The molecule has 0 fully saturated rings. The molecule has 1 unspecified atom stereocenters. The fourth-order valence-corrected chi connectivity index (χ4v) is 3.27. The van der Waals surface area contributed by atoms with Gasteiger partial charge in [-0.25, -0.2) is 0 Å². The quantitative estimate of drug-likeness (QED) is 0.714. The van der Waals surface area contributed by atoms with Crippen LogP contribution in [0.3, 0.4) is 0 Å². The summed E-state index contributed by atoms with van der Waals surface area (Å²) in [5.74, 6) is 0.226. The van der Waals surface area contributed by atoms with E-state index >= 15 is 0 Å². The Balaban J connectivity index is 2.00. The van der Waals surface area contributed by atoms with E-state index in [-0.39, 0.29) is 11.8 Å². The summed E-state index contributed by atoms with van der Waals surface area (Å²) in [5.41, 5.74) is 2.93. The molecule has 3 aromatic rings. The van der Waals surface area contributed by atoms with Crippen LogP contribution in [0.25, 0.3) is 11.0 Å². The number of fused-ring (bicyclic) bond motifs is 1. The maximum atomic E-state index is 9.57. The third-order valence-corrected chi connectivity index (χ3v) is 4.29. The van der Waals surface area contributed by atoms with Crippen molar-refractivity contribution in [3.8, 4) is 5.75 Å². The Morgan fingerprint density at radius 1 is 1.14 bits per heavy atom. The van der Waals surface area contributed by atoms with Gasteiger partial charge in [0.1, 0.15) is 16.8 Å². The molecule has 0 saturated heterocycles. The molecule has 0 saturated carbocycles. The minimum Gasteiger partial charge on any atom is -0.508 e. The summed E-state index contributed by atoms with van der Waals surface area (Å²) < 4.78 is 8.43. The van der Waals surface area contributed by atoms with E-state index in [0.717, 1.165) is 17.3 Å². The van der Waals surface area contributed by atoms with Crippen LogP contribution in [0.1, 0.15) is 18.5 Å². The molecular formula is C14H11Cl2N3OS. The normalized spacial score (nSPS) is 12.5. The van der Waals surface area contributed by atoms with Crippen LogP contribution in [-0.2, 0) is 0 Å². The number of hydrogen-bond donors (Lipinski definition) is 2. The molecule has 0 radical (unpaired) electrons. The molecule has 0 amide bonds. The first-order chi connectivity index (χ1) is 10.1. The molecule has 21 heavy (non-hydrogen) atoms. The predicted molar refractivity (Wildman–Crippen MR) is 87.6 cm³/mol. The zero-order valence-electron chi connectivity index (χ0n) is 11.0. The second-order valence-corrected chi connectivity index (χ2v) is 5.98. The number of phenols is 1. The third kappa shape index (κ3) is 2.77. The van der Waals surface area contributed by atoms with Gasteiger partial charge in [0.2, 0.25) is 0 Å². The second-order valence-electron chi connectivity index (χ2n) is 4.64. The Morgan fingerprint density at radius 3 is 2.67 bits per heavy atom. The average molecular weight is 340 g/mol.